The Bertz CT molecular complexity index is 438. The molecule has 1 amide bonds. The molecule has 0 bridgehead atoms. The highest BCUT2D eigenvalue weighted by Gasteiger charge is 2.27. The number of amides is 1. The topological polar surface area (TPSA) is 59.0 Å². The van der Waals surface area contributed by atoms with Gasteiger partial charge in [0, 0.05) is 19.8 Å². The summed E-state index contributed by atoms with van der Waals surface area (Å²) in [5.41, 5.74) is 1.68. The van der Waals surface area contributed by atoms with E-state index in [-0.39, 0.29) is 23.7 Å². The van der Waals surface area contributed by atoms with Crippen molar-refractivity contribution in [1.29, 1.82) is 0 Å². The summed E-state index contributed by atoms with van der Waals surface area (Å²) in [6, 6.07) is 0. The van der Waals surface area contributed by atoms with Crippen LogP contribution >= 0.6 is 12.4 Å². The molecule has 2 heterocycles. The number of carbonyl (C=O) groups excluding carboxylic acids is 1. The predicted molar refractivity (Wildman–Crippen MR) is 77.7 cm³/mol. The van der Waals surface area contributed by atoms with Gasteiger partial charge in [-0.2, -0.15) is 5.10 Å². The van der Waals surface area contributed by atoms with Crippen molar-refractivity contribution in [3.63, 3.8) is 0 Å². The van der Waals surface area contributed by atoms with Gasteiger partial charge in [-0.25, -0.2) is 0 Å². The summed E-state index contributed by atoms with van der Waals surface area (Å²) in [4.78, 5) is 12.1. The van der Waals surface area contributed by atoms with E-state index in [9.17, 15) is 4.79 Å². The van der Waals surface area contributed by atoms with Crippen LogP contribution in [0.5, 0.6) is 0 Å². The van der Waals surface area contributed by atoms with Crippen molar-refractivity contribution in [2.24, 2.45) is 12.5 Å². The van der Waals surface area contributed by atoms with E-state index in [1.165, 1.54) is 0 Å². The lowest BCUT2D eigenvalue weighted by Crippen LogP contribution is -2.42. The lowest BCUT2D eigenvalue weighted by Gasteiger charge is -2.34. The van der Waals surface area contributed by atoms with E-state index in [4.69, 9.17) is 0 Å². The van der Waals surface area contributed by atoms with E-state index >= 15 is 0 Å². The highest BCUT2D eigenvalue weighted by atomic mass is 35.5. The molecule has 2 N–H and O–H groups in total. The normalized spacial score (nSPS) is 17.6. The fraction of sp³-hybridized carbons (Fsp3) is 0.692. The molecule has 1 aliphatic rings. The van der Waals surface area contributed by atoms with Gasteiger partial charge in [-0.05, 0) is 38.3 Å². The van der Waals surface area contributed by atoms with Gasteiger partial charge >= 0.3 is 0 Å². The largest absolute Gasteiger partial charge is 0.351 e. The molecule has 0 spiro atoms. The summed E-state index contributed by atoms with van der Waals surface area (Å²) in [5, 5.41) is 10.6. The second-order valence-corrected chi connectivity index (χ2v) is 5.55. The van der Waals surface area contributed by atoms with Crippen LogP contribution in [0.15, 0.2) is 6.20 Å². The number of aromatic nitrogens is 2. The van der Waals surface area contributed by atoms with Gasteiger partial charge in [0.05, 0.1) is 11.3 Å². The Labute approximate surface area is 120 Å². The Morgan fingerprint density at radius 2 is 2.16 bits per heavy atom. The highest BCUT2D eigenvalue weighted by molar-refractivity contribution is 5.95. The van der Waals surface area contributed by atoms with Crippen molar-refractivity contribution in [3.8, 4) is 0 Å². The third kappa shape index (κ3) is 3.94. The van der Waals surface area contributed by atoms with E-state index in [2.05, 4.69) is 22.7 Å². The van der Waals surface area contributed by atoms with Crippen molar-refractivity contribution in [2.45, 2.75) is 26.7 Å². The van der Waals surface area contributed by atoms with Crippen LogP contribution in [0.1, 0.15) is 35.8 Å². The first-order chi connectivity index (χ1) is 8.50. The van der Waals surface area contributed by atoms with Crippen molar-refractivity contribution in [2.75, 3.05) is 19.6 Å². The fourth-order valence-corrected chi connectivity index (χ4v) is 2.42. The van der Waals surface area contributed by atoms with Gasteiger partial charge in [0.1, 0.15) is 0 Å². The number of halogens is 1. The van der Waals surface area contributed by atoms with E-state index in [0.29, 0.717) is 5.56 Å². The zero-order valence-electron chi connectivity index (χ0n) is 11.8. The first-order valence-electron chi connectivity index (χ1n) is 6.49. The zero-order chi connectivity index (χ0) is 13.2. The monoisotopic (exact) mass is 286 g/mol. The molecule has 0 radical (unpaired) electrons. The molecule has 0 aromatic carbocycles. The summed E-state index contributed by atoms with van der Waals surface area (Å²) in [6.45, 7) is 6.92. The zero-order valence-corrected chi connectivity index (χ0v) is 12.6. The maximum Gasteiger partial charge on any atom is 0.254 e. The summed E-state index contributed by atoms with van der Waals surface area (Å²) >= 11 is 0. The average molecular weight is 287 g/mol. The minimum atomic E-state index is -0.0136. The van der Waals surface area contributed by atoms with Gasteiger partial charge in [-0.3, -0.25) is 9.48 Å². The molecular weight excluding hydrogens is 264 g/mol. The van der Waals surface area contributed by atoms with Crippen molar-refractivity contribution in [1.82, 2.24) is 20.4 Å². The van der Waals surface area contributed by atoms with Crippen LogP contribution in [0.2, 0.25) is 0 Å². The number of rotatable bonds is 3. The third-order valence-corrected chi connectivity index (χ3v) is 3.74. The molecule has 1 fully saturated rings. The van der Waals surface area contributed by atoms with Crippen molar-refractivity contribution >= 4 is 18.3 Å². The fourth-order valence-electron chi connectivity index (χ4n) is 2.42. The second-order valence-electron chi connectivity index (χ2n) is 5.55. The molecule has 0 saturated carbocycles. The Morgan fingerprint density at radius 1 is 1.53 bits per heavy atom. The first-order valence-corrected chi connectivity index (χ1v) is 6.49. The van der Waals surface area contributed by atoms with Crippen LogP contribution in [-0.2, 0) is 7.05 Å². The maximum absolute atomic E-state index is 12.1. The predicted octanol–water partition coefficient (Wildman–Crippen LogP) is 1.27. The number of nitrogens with one attached hydrogen (secondary N) is 2. The number of nitrogens with zero attached hydrogens (tertiary/aromatic N) is 2. The van der Waals surface area contributed by atoms with Crippen LogP contribution < -0.4 is 10.6 Å². The third-order valence-electron chi connectivity index (χ3n) is 3.74. The number of piperidine rings is 1. The van der Waals surface area contributed by atoms with Crippen LogP contribution in [-0.4, -0.2) is 35.3 Å². The molecule has 1 aliphatic heterocycles. The first kappa shape index (κ1) is 16.0. The smallest absolute Gasteiger partial charge is 0.254 e. The van der Waals surface area contributed by atoms with Gasteiger partial charge < -0.3 is 10.6 Å². The van der Waals surface area contributed by atoms with Crippen LogP contribution in [0.3, 0.4) is 0 Å². The lowest BCUT2D eigenvalue weighted by atomic mass is 9.81. The number of hydrogen-bond donors (Lipinski definition) is 2. The molecule has 19 heavy (non-hydrogen) atoms. The quantitative estimate of drug-likeness (QED) is 0.880. The summed E-state index contributed by atoms with van der Waals surface area (Å²) in [5.74, 6) is -0.0136. The summed E-state index contributed by atoms with van der Waals surface area (Å²) in [7, 11) is 1.83. The molecule has 1 aromatic rings. The molecule has 1 saturated heterocycles. The Kier molecular flexibility index (Phi) is 5.38. The van der Waals surface area contributed by atoms with Gasteiger partial charge in [-0.15, -0.1) is 12.4 Å². The molecule has 0 unspecified atom stereocenters. The van der Waals surface area contributed by atoms with Gasteiger partial charge in [0.15, 0.2) is 0 Å². The number of hydrogen-bond acceptors (Lipinski definition) is 3. The van der Waals surface area contributed by atoms with Gasteiger partial charge in [-0.1, -0.05) is 6.92 Å². The molecule has 1 aromatic heterocycles. The molecule has 0 atom stereocenters. The van der Waals surface area contributed by atoms with E-state index in [1.54, 1.807) is 10.9 Å². The Hall–Kier alpha value is -1.07. The number of carbonyl (C=O) groups is 1. The molecule has 108 valence electrons. The minimum absolute atomic E-state index is 0. The Balaban J connectivity index is 0.00000180. The van der Waals surface area contributed by atoms with E-state index in [1.807, 2.05) is 14.0 Å². The van der Waals surface area contributed by atoms with Crippen LogP contribution in [0, 0.1) is 12.3 Å². The SMILES string of the molecule is Cc1nn(C)cc1C(=O)NCC1(C)CCNCC1.Cl. The summed E-state index contributed by atoms with van der Waals surface area (Å²) in [6.07, 6.45) is 3.99. The molecular formula is C13H23ClN4O. The average Bonchev–Trinajstić information content (AvgIpc) is 2.67. The van der Waals surface area contributed by atoms with E-state index < -0.39 is 0 Å². The molecule has 0 aliphatic carbocycles. The molecule has 6 heteroatoms. The molecule has 2 rings (SSSR count). The maximum atomic E-state index is 12.1. The second kappa shape index (κ2) is 6.39. The Morgan fingerprint density at radius 3 is 2.68 bits per heavy atom. The summed E-state index contributed by atoms with van der Waals surface area (Å²) < 4.78 is 1.68. The highest BCUT2D eigenvalue weighted by Crippen LogP contribution is 2.26. The standard InChI is InChI=1S/C13H22N4O.ClH/c1-10-11(8-17(3)16-10)12(18)15-9-13(2)4-6-14-7-5-13;/h8,14H,4-7,9H2,1-3H3,(H,15,18);1H. The molecule has 5 nitrogen and oxygen atoms in total. The van der Waals surface area contributed by atoms with E-state index in [0.717, 1.165) is 38.2 Å². The number of aryl methyl sites for hydroxylation is 2. The van der Waals surface area contributed by atoms with Crippen LogP contribution in [0.4, 0.5) is 0 Å². The van der Waals surface area contributed by atoms with Gasteiger partial charge in [0.2, 0.25) is 0 Å². The van der Waals surface area contributed by atoms with Crippen LogP contribution in [0.25, 0.3) is 0 Å². The van der Waals surface area contributed by atoms with Gasteiger partial charge in [0.25, 0.3) is 5.91 Å². The minimum Gasteiger partial charge on any atom is -0.351 e. The lowest BCUT2D eigenvalue weighted by molar-refractivity contribution is 0.0921. The van der Waals surface area contributed by atoms with Crippen molar-refractivity contribution < 1.29 is 4.79 Å². The van der Waals surface area contributed by atoms with Crippen molar-refractivity contribution in [3.05, 3.63) is 17.5 Å².